The highest BCUT2D eigenvalue weighted by atomic mass is 79.9. The third-order valence-corrected chi connectivity index (χ3v) is 1.80. The summed E-state index contributed by atoms with van der Waals surface area (Å²) in [5.74, 6) is -1.01. The van der Waals surface area contributed by atoms with Gasteiger partial charge in [0.1, 0.15) is 12.1 Å². The van der Waals surface area contributed by atoms with Crippen LogP contribution >= 0.6 is 28.3 Å². The van der Waals surface area contributed by atoms with Gasteiger partial charge in [0.15, 0.2) is 5.69 Å². The number of halogens is 2. The van der Waals surface area contributed by atoms with Gasteiger partial charge in [0, 0.05) is 0 Å². The summed E-state index contributed by atoms with van der Waals surface area (Å²) in [6, 6.07) is 0. The highest BCUT2D eigenvalue weighted by Gasteiger charge is 2.11. The second-order valence-corrected chi connectivity index (χ2v) is 2.52. The highest BCUT2D eigenvalue weighted by molar-refractivity contribution is 9.10. The lowest BCUT2D eigenvalue weighted by molar-refractivity contribution is 0.0689. The number of rotatable bonds is 1. The Morgan fingerprint density at radius 2 is 2.17 bits per heavy atom. The standard InChI is InChI=1S/C5H4BrN3O2.ClH/c6-2-3(5(10)11)8-1-9-4(2)7;/h1H,(H,10,11)(H2,7,8,9);1H. The SMILES string of the molecule is Cl.Nc1ncnc(C(=O)O)c1Br. The molecule has 1 aromatic heterocycles. The van der Waals surface area contributed by atoms with E-state index in [-0.39, 0.29) is 28.4 Å². The number of aromatic nitrogens is 2. The molecule has 5 nitrogen and oxygen atoms in total. The van der Waals surface area contributed by atoms with Crippen LogP contribution in [0.5, 0.6) is 0 Å². The summed E-state index contributed by atoms with van der Waals surface area (Å²) in [4.78, 5) is 17.5. The zero-order valence-electron chi connectivity index (χ0n) is 5.69. The Kier molecular flexibility index (Phi) is 3.91. The molecule has 0 radical (unpaired) electrons. The molecule has 1 rings (SSSR count). The first-order valence-corrected chi connectivity index (χ1v) is 3.41. The number of aromatic carboxylic acids is 1. The van der Waals surface area contributed by atoms with Gasteiger partial charge >= 0.3 is 5.97 Å². The number of hydrogen-bond donors (Lipinski definition) is 2. The number of nitrogens with two attached hydrogens (primary N) is 1. The topological polar surface area (TPSA) is 89.1 Å². The Morgan fingerprint density at radius 3 is 2.58 bits per heavy atom. The normalized spacial score (nSPS) is 8.75. The average Bonchev–Trinajstić information content (AvgIpc) is 1.94. The molecule has 0 unspecified atom stereocenters. The number of anilines is 1. The third kappa shape index (κ3) is 2.05. The Labute approximate surface area is 82.6 Å². The number of carboxylic acids is 1. The molecule has 0 aliphatic rings. The fourth-order valence-electron chi connectivity index (χ4n) is 0.533. The molecule has 66 valence electrons. The van der Waals surface area contributed by atoms with Gasteiger partial charge in [-0.15, -0.1) is 12.4 Å². The van der Waals surface area contributed by atoms with Gasteiger partial charge in [0.05, 0.1) is 4.47 Å². The molecular weight excluding hydrogens is 249 g/mol. The van der Waals surface area contributed by atoms with E-state index in [1.54, 1.807) is 0 Å². The Bertz CT molecular complexity index is 307. The molecule has 0 aromatic carbocycles. The monoisotopic (exact) mass is 253 g/mol. The van der Waals surface area contributed by atoms with Crippen molar-refractivity contribution < 1.29 is 9.90 Å². The molecule has 0 spiro atoms. The largest absolute Gasteiger partial charge is 0.476 e. The van der Waals surface area contributed by atoms with Crippen LogP contribution in [0.2, 0.25) is 0 Å². The zero-order chi connectivity index (χ0) is 8.43. The van der Waals surface area contributed by atoms with Crippen molar-refractivity contribution in [3.63, 3.8) is 0 Å². The van der Waals surface area contributed by atoms with E-state index in [0.29, 0.717) is 0 Å². The predicted molar refractivity (Wildman–Crippen MR) is 48.4 cm³/mol. The summed E-state index contributed by atoms with van der Waals surface area (Å²) in [6.07, 6.45) is 1.10. The van der Waals surface area contributed by atoms with Crippen LogP contribution in [-0.4, -0.2) is 21.0 Å². The summed E-state index contributed by atoms with van der Waals surface area (Å²) in [6.45, 7) is 0. The minimum Gasteiger partial charge on any atom is -0.476 e. The van der Waals surface area contributed by atoms with Crippen molar-refractivity contribution in [1.29, 1.82) is 0 Å². The third-order valence-electron chi connectivity index (χ3n) is 1.02. The first-order valence-electron chi connectivity index (χ1n) is 2.62. The van der Waals surface area contributed by atoms with Crippen LogP contribution in [0.3, 0.4) is 0 Å². The van der Waals surface area contributed by atoms with Crippen molar-refractivity contribution >= 4 is 40.1 Å². The predicted octanol–water partition coefficient (Wildman–Crippen LogP) is 0.941. The summed E-state index contributed by atoms with van der Waals surface area (Å²) >= 11 is 2.95. The Hall–Kier alpha value is -0.880. The zero-order valence-corrected chi connectivity index (χ0v) is 8.09. The second kappa shape index (κ2) is 4.22. The van der Waals surface area contributed by atoms with Crippen molar-refractivity contribution in [3.05, 3.63) is 16.5 Å². The molecule has 3 N–H and O–H groups in total. The number of carboxylic acid groups (broad SMARTS) is 1. The lowest BCUT2D eigenvalue weighted by Crippen LogP contribution is -2.04. The molecule has 1 heterocycles. The quantitative estimate of drug-likeness (QED) is 0.778. The van der Waals surface area contributed by atoms with Crippen molar-refractivity contribution in [3.8, 4) is 0 Å². The summed E-state index contributed by atoms with van der Waals surface area (Å²) < 4.78 is 0.215. The lowest BCUT2D eigenvalue weighted by Gasteiger charge is -1.98. The van der Waals surface area contributed by atoms with Crippen LogP contribution in [0.1, 0.15) is 10.5 Å². The first-order chi connectivity index (χ1) is 5.13. The van der Waals surface area contributed by atoms with Gasteiger partial charge < -0.3 is 10.8 Å². The van der Waals surface area contributed by atoms with Crippen molar-refractivity contribution in [2.45, 2.75) is 0 Å². The Balaban J connectivity index is 0.00000121. The number of hydrogen-bond acceptors (Lipinski definition) is 4. The van der Waals surface area contributed by atoms with Crippen LogP contribution in [0.15, 0.2) is 10.8 Å². The maximum Gasteiger partial charge on any atom is 0.355 e. The smallest absolute Gasteiger partial charge is 0.355 e. The summed E-state index contributed by atoms with van der Waals surface area (Å²) in [5.41, 5.74) is 5.17. The van der Waals surface area contributed by atoms with E-state index in [1.165, 1.54) is 0 Å². The number of nitrogens with zero attached hydrogens (tertiary/aromatic N) is 2. The molecule has 0 fully saturated rings. The van der Waals surface area contributed by atoms with E-state index in [0.717, 1.165) is 6.33 Å². The van der Waals surface area contributed by atoms with Crippen molar-refractivity contribution in [1.82, 2.24) is 9.97 Å². The molecule has 0 atom stereocenters. The van der Waals surface area contributed by atoms with Gasteiger partial charge in [-0.1, -0.05) is 0 Å². The number of carbonyl (C=O) groups is 1. The van der Waals surface area contributed by atoms with Crippen LogP contribution in [0.25, 0.3) is 0 Å². The fourth-order valence-corrected chi connectivity index (χ4v) is 0.907. The minimum absolute atomic E-state index is 0. The Morgan fingerprint density at radius 1 is 1.58 bits per heavy atom. The van der Waals surface area contributed by atoms with E-state index >= 15 is 0 Å². The van der Waals surface area contributed by atoms with Crippen molar-refractivity contribution in [2.75, 3.05) is 5.73 Å². The van der Waals surface area contributed by atoms with E-state index in [1.807, 2.05) is 0 Å². The van der Waals surface area contributed by atoms with Gasteiger partial charge in [0.25, 0.3) is 0 Å². The van der Waals surface area contributed by atoms with Gasteiger partial charge in [-0.05, 0) is 15.9 Å². The molecule has 1 aromatic rings. The van der Waals surface area contributed by atoms with E-state index < -0.39 is 5.97 Å². The molecule has 0 bridgehead atoms. The first kappa shape index (κ1) is 11.1. The summed E-state index contributed by atoms with van der Waals surface area (Å²) in [5, 5.41) is 8.51. The maximum atomic E-state index is 10.4. The average molecular weight is 254 g/mol. The van der Waals surface area contributed by atoms with Gasteiger partial charge in [0.2, 0.25) is 0 Å². The lowest BCUT2D eigenvalue weighted by atomic mass is 10.4. The molecule has 0 amide bonds. The highest BCUT2D eigenvalue weighted by Crippen LogP contribution is 2.18. The van der Waals surface area contributed by atoms with Gasteiger partial charge in [-0.25, -0.2) is 14.8 Å². The molecule has 0 saturated heterocycles. The van der Waals surface area contributed by atoms with Crippen LogP contribution in [0.4, 0.5) is 5.82 Å². The molecule has 0 aliphatic heterocycles. The van der Waals surface area contributed by atoms with Gasteiger partial charge in [-0.3, -0.25) is 0 Å². The van der Waals surface area contributed by atoms with E-state index in [2.05, 4.69) is 25.9 Å². The van der Waals surface area contributed by atoms with E-state index in [4.69, 9.17) is 10.8 Å². The summed E-state index contributed by atoms with van der Waals surface area (Å²) in [7, 11) is 0. The molecular formula is C5H5BrClN3O2. The fraction of sp³-hybridized carbons (Fsp3) is 0. The van der Waals surface area contributed by atoms with E-state index in [9.17, 15) is 4.79 Å². The second-order valence-electron chi connectivity index (χ2n) is 1.73. The van der Waals surface area contributed by atoms with Crippen molar-refractivity contribution in [2.24, 2.45) is 0 Å². The maximum absolute atomic E-state index is 10.4. The van der Waals surface area contributed by atoms with Crippen LogP contribution in [-0.2, 0) is 0 Å². The molecule has 0 aliphatic carbocycles. The van der Waals surface area contributed by atoms with Gasteiger partial charge in [-0.2, -0.15) is 0 Å². The molecule has 12 heavy (non-hydrogen) atoms. The van der Waals surface area contributed by atoms with Crippen LogP contribution < -0.4 is 5.73 Å². The number of nitrogen functional groups attached to an aromatic ring is 1. The minimum atomic E-state index is -1.13. The molecule has 7 heteroatoms. The molecule has 0 saturated carbocycles. The van der Waals surface area contributed by atoms with Crippen LogP contribution in [0, 0.1) is 0 Å².